The third-order valence-corrected chi connectivity index (χ3v) is 5.91. The number of aromatic nitrogens is 3. The molecule has 2 heterocycles. The Hall–Kier alpha value is -4.21. The summed E-state index contributed by atoms with van der Waals surface area (Å²) in [6.07, 6.45) is 1.91. The second kappa shape index (κ2) is 8.05. The highest BCUT2D eigenvalue weighted by molar-refractivity contribution is 5.99. The molecule has 10 heteroatoms. The van der Waals surface area contributed by atoms with Crippen molar-refractivity contribution in [3.8, 4) is 22.9 Å². The van der Waals surface area contributed by atoms with Gasteiger partial charge in [-0.05, 0) is 31.0 Å². The maximum absolute atomic E-state index is 13.1. The van der Waals surface area contributed by atoms with E-state index in [0.717, 1.165) is 17.7 Å². The van der Waals surface area contributed by atoms with Gasteiger partial charge in [0.05, 0.1) is 19.1 Å². The number of anilines is 1. The number of benzene rings is 2. The lowest BCUT2D eigenvalue weighted by Gasteiger charge is -2.32. The van der Waals surface area contributed by atoms with Crippen molar-refractivity contribution >= 4 is 17.4 Å². The molecular formula is C23H21N5O5. The van der Waals surface area contributed by atoms with E-state index in [9.17, 15) is 14.9 Å². The molecule has 0 radical (unpaired) electrons. The Morgan fingerprint density at radius 3 is 2.76 bits per heavy atom. The molecule has 0 amide bonds. The van der Waals surface area contributed by atoms with Crippen molar-refractivity contribution in [2.45, 2.75) is 25.3 Å². The lowest BCUT2D eigenvalue weighted by molar-refractivity contribution is -0.384. The van der Waals surface area contributed by atoms with Gasteiger partial charge in [0.15, 0.2) is 11.6 Å². The van der Waals surface area contributed by atoms with Gasteiger partial charge >= 0.3 is 0 Å². The maximum Gasteiger partial charge on any atom is 0.270 e. The van der Waals surface area contributed by atoms with Crippen molar-refractivity contribution in [1.29, 1.82) is 0 Å². The first-order chi connectivity index (χ1) is 16.0. The number of ketones is 1. The van der Waals surface area contributed by atoms with Crippen LogP contribution in [0, 0.1) is 10.1 Å². The topological polar surface area (TPSA) is 121 Å². The van der Waals surface area contributed by atoms with Crippen LogP contribution in [0.25, 0.3) is 11.4 Å². The zero-order valence-corrected chi connectivity index (χ0v) is 18.1. The Kier molecular flexibility index (Phi) is 5.04. The number of carbonyl (C=O) groups excluding carboxylic acids is 1. The largest absolute Gasteiger partial charge is 0.497 e. The summed E-state index contributed by atoms with van der Waals surface area (Å²) in [6, 6.07) is 11.0. The van der Waals surface area contributed by atoms with E-state index < -0.39 is 11.0 Å². The van der Waals surface area contributed by atoms with Gasteiger partial charge in [0.1, 0.15) is 17.5 Å². The van der Waals surface area contributed by atoms with E-state index in [1.807, 2.05) is 6.07 Å². The summed E-state index contributed by atoms with van der Waals surface area (Å²) < 4.78 is 12.7. The van der Waals surface area contributed by atoms with Crippen LogP contribution in [-0.2, 0) is 4.79 Å². The smallest absolute Gasteiger partial charge is 0.270 e. The number of methoxy groups -OCH3 is 2. The average Bonchev–Trinajstić information content (AvgIpc) is 3.26. The molecule has 0 fully saturated rings. The van der Waals surface area contributed by atoms with E-state index >= 15 is 0 Å². The Labute approximate surface area is 189 Å². The zero-order valence-electron chi connectivity index (χ0n) is 18.1. The first kappa shape index (κ1) is 20.7. The van der Waals surface area contributed by atoms with Crippen LogP contribution in [0.1, 0.15) is 30.9 Å². The van der Waals surface area contributed by atoms with E-state index in [1.165, 1.54) is 12.1 Å². The van der Waals surface area contributed by atoms with Crippen molar-refractivity contribution in [1.82, 2.24) is 14.8 Å². The highest BCUT2D eigenvalue weighted by Crippen LogP contribution is 2.44. The summed E-state index contributed by atoms with van der Waals surface area (Å²) in [4.78, 5) is 28.5. The zero-order chi connectivity index (χ0) is 23.1. The van der Waals surface area contributed by atoms with Crippen molar-refractivity contribution in [3.05, 3.63) is 69.4 Å². The van der Waals surface area contributed by atoms with Crippen molar-refractivity contribution < 1.29 is 19.2 Å². The normalized spacial score (nSPS) is 17.2. The molecule has 2 aromatic carbocycles. The monoisotopic (exact) mass is 447 g/mol. The highest BCUT2D eigenvalue weighted by Gasteiger charge is 2.38. The van der Waals surface area contributed by atoms with Crippen LogP contribution in [0.2, 0.25) is 0 Å². The summed E-state index contributed by atoms with van der Waals surface area (Å²) >= 11 is 0. The van der Waals surface area contributed by atoms with Crippen LogP contribution >= 0.6 is 0 Å². The number of allylic oxidation sites excluding steroid dienone is 2. The number of hydrogen-bond donors (Lipinski definition) is 1. The fraction of sp³-hybridized carbons (Fsp3) is 0.261. The summed E-state index contributed by atoms with van der Waals surface area (Å²) in [5.41, 5.74) is 2.61. The van der Waals surface area contributed by atoms with Crippen LogP contribution in [0.15, 0.2) is 53.7 Å². The molecule has 10 nitrogen and oxygen atoms in total. The van der Waals surface area contributed by atoms with Crippen LogP contribution in [0.3, 0.4) is 0 Å². The Bertz CT molecular complexity index is 1310. The summed E-state index contributed by atoms with van der Waals surface area (Å²) in [6.45, 7) is 0. The van der Waals surface area contributed by atoms with Crippen molar-refractivity contribution in [3.63, 3.8) is 0 Å². The predicted molar refractivity (Wildman–Crippen MR) is 119 cm³/mol. The molecule has 168 valence electrons. The van der Waals surface area contributed by atoms with E-state index in [2.05, 4.69) is 15.4 Å². The molecule has 3 aromatic rings. The van der Waals surface area contributed by atoms with Crippen molar-refractivity contribution in [2.24, 2.45) is 0 Å². The van der Waals surface area contributed by atoms with Gasteiger partial charge in [0.2, 0.25) is 5.95 Å². The molecule has 1 aliphatic heterocycles. The van der Waals surface area contributed by atoms with E-state index in [1.54, 1.807) is 43.2 Å². The summed E-state index contributed by atoms with van der Waals surface area (Å²) in [7, 11) is 3.15. The standard InChI is InChI=1S/C23H21N5O5/c1-32-15-9-10-19(33-2)16(12-15)21-20-17(7-4-8-18(20)29)24-23-25-22(26-27(21)23)13-5-3-6-14(11-13)28(30)31/h3,5-6,9-12,21H,4,7-8H2,1-2H3,(H,24,25,26). The van der Waals surface area contributed by atoms with E-state index in [-0.39, 0.29) is 11.5 Å². The summed E-state index contributed by atoms with van der Waals surface area (Å²) in [5, 5.41) is 19.2. The number of nitro groups is 1. The molecule has 1 aliphatic carbocycles. The van der Waals surface area contributed by atoms with E-state index in [4.69, 9.17) is 9.47 Å². The number of fused-ring (bicyclic) bond motifs is 1. The molecule has 0 spiro atoms. The van der Waals surface area contributed by atoms with Crippen molar-refractivity contribution in [2.75, 3.05) is 19.5 Å². The average molecular weight is 447 g/mol. The van der Waals surface area contributed by atoms with E-state index in [0.29, 0.717) is 47.2 Å². The Morgan fingerprint density at radius 2 is 2.00 bits per heavy atom. The molecule has 0 saturated heterocycles. The SMILES string of the molecule is COc1ccc(OC)c(C2C3=C(CCCC3=O)Nc3nc(-c4cccc([N+](=O)[O-])c4)nn32)c1. The molecular weight excluding hydrogens is 426 g/mol. The second-order valence-electron chi connectivity index (χ2n) is 7.82. The fourth-order valence-corrected chi connectivity index (χ4v) is 4.38. The molecule has 2 aliphatic rings. The van der Waals surface area contributed by atoms with Crippen LogP contribution in [-0.4, -0.2) is 39.7 Å². The van der Waals surface area contributed by atoms with Gasteiger partial charge in [-0.15, -0.1) is 5.10 Å². The third-order valence-electron chi connectivity index (χ3n) is 5.91. The van der Waals surface area contributed by atoms with Gasteiger partial charge in [-0.1, -0.05) is 12.1 Å². The molecule has 33 heavy (non-hydrogen) atoms. The van der Waals surface area contributed by atoms with Gasteiger partial charge in [0, 0.05) is 41.0 Å². The number of ether oxygens (including phenoxy) is 2. The summed E-state index contributed by atoms with van der Waals surface area (Å²) in [5.74, 6) is 2.03. The molecule has 1 aromatic heterocycles. The van der Waals surface area contributed by atoms with Gasteiger partial charge in [-0.3, -0.25) is 14.9 Å². The van der Waals surface area contributed by atoms with Gasteiger partial charge < -0.3 is 14.8 Å². The minimum atomic E-state index is -0.575. The lowest BCUT2D eigenvalue weighted by Crippen LogP contribution is -2.31. The quantitative estimate of drug-likeness (QED) is 0.462. The second-order valence-corrected chi connectivity index (χ2v) is 7.82. The number of nitrogens with one attached hydrogen (secondary N) is 1. The molecule has 0 bridgehead atoms. The lowest BCUT2D eigenvalue weighted by atomic mass is 9.85. The third kappa shape index (κ3) is 3.49. The fourth-order valence-electron chi connectivity index (χ4n) is 4.38. The molecule has 0 saturated carbocycles. The molecule has 5 rings (SSSR count). The minimum absolute atomic E-state index is 0.0386. The Balaban J connectivity index is 1.70. The number of carbonyl (C=O) groups is 1. The predicted octanol–water partition coefficient (Wildman–Crippen LogP) is 3.89. The van der Waals surface area contributed by atoms with Crippen LogP contribution in [0.5, 0.6) is 11.5 Å². The number of nitro benzene ring substituents is 1. The number of Topliss-reactive ketones (excluding diaryl/α,β-unsaturated/α-hetero) is 1. The number of non-ortho nitro benzene ring substituents is 1. The molecule has 1 atom stereocenters. The van der Waals surface area contributed by atoms with Crippen LogP contribution in [0.4, 0.5) is 11.6 Å². The molecule has 1 unspecified atom stereocenters. The number of hydrogen-bond acceptors (Lipinski definition) is 8. The number of nitrogens with zero attached hydrogens (tertiary/aromatic N) is 4. The minimum Gasteiger partial charge on any atom is -0.497 e. The van der Waals surface area contributed by atoms with Gasteiger partial charge in [0.25, 0.3) is 5.69 Å². The Morgan fingerprint density at radius 1 is 1.15 bits per heavy atom. The van der Waals surface area contributed by atoms with Gasteiger partial charge in [-0.2, -0.15) is 4.98 Å². The van der Waals surface area contributed by atoms with Gasteiger partial charge in [-0.25, -0.2) is 4.68 Å². The van der Waals surface area contributed by atoms with Crippen LogP contribution < -0.4 is 14.8 Å². The maximum atomic E-state index is 13.1. The first-order valence-electron chi connectivity index (χ1n) is 10.5. The highest BCUT2D eigenvalue weighted by atomic mass is 16.6. The molecule has 1 N–H and O–H groups in total. The number of rotatable bonds is 5. The first-order valence-corrected chi connectivity index (χ1v) is 10.5.